The lowest BCUT2D eigenvalue weighted by molar-refractivity contribution is -0.00415. The summed E-state index contributed by atoms with van der Waals surface area (Å²) in [5.41, 5.74) is -0.0268. The van der Waals surface area contributed by atoms with Gasteiger partial charge in [-0.1, -0.05) is 0 Å². The van der Waals surface area contributed by atoms with Crippen molar-refractivity contribution in [2.75, 3.05) is 5.88 Å². The normalized spacial score (nSPS) is 43.7. The van der Waals surface area contributed by atoms with Crippen molar-refractivity contribution in [1.82, 2.24) is 0 Å². The first-order chi connectivity index (χ1) is 4.16. The Kier molecular flexibility index (Phi) is 2.02. The summed E-state index contributed by atoms with van der Waals surface area (Å²) in [5, 5.41) is 0. The van der Waals surface area contributed by atoms with Crippen molar-refractivity contribution >= 4 is 11.6 Å². The van der Waals surface area contributed by atoms with E-state index in [1.807, 2.05) is 0 Å². The van der Waals surface area contributed by atoms with Crippen LogP contribution in [0.2, 0.25) is 0 Å². The van der Waals surface area contributed by atoms with Gasteiger partial charge >= 0.3 is 0 Å². The number of rotatable bonds is 1. The van der Waals surface area contributed by atoms with Gasteiger partial charge in [0.05, 0.1) is 17.6 Å². The molecule has 0 N–H and O–H groups in total. The molecule has 1 saturated heterocycles. The van der Waals surface area contributed by atoms with Crippen LogP contribution in [0.5, 0.6) is 0 Å². The first-order valence-electron chi connectivity index (χ1n) is 3.40. The Hall–Kier alpha value is 0.250. The van der Waals surface area contributed by atoms with Crippen molar-refractivity contribution in [3.63, 3.8) is 0 Å². The number of ether oxygens (including phenoxy) is 1. The first-order valence-corrected chi connectivity index (χ1v) is 3.93. The molecule has 2 unspecified atom stereocenters. The minimum absolute atomic E-state index is 0.0268. The third kappa shape index (κ3) is 1.59. The van der Waals surface area contributed by atoms with Crippen molar-refractivity contribution in [3.8, 4) is 0 Å². The average Bonchev–Trinajstić information content (AvgIpc) is 2.13. The molecule has 1 heterocycles. The molecule has 0 bridgehead atoms. The van der Waals surface area contributed by atoms with Crippen molar-refractivity contribution in [2.24, 2.45) is 0 Å². The highest BCUT2D eigenvalue weighted by Crippen LogP contribution is 2.30. The van der Waals surface area contributed by atoms with Crippen molar-refractivity contribution in [1.29, 1.82) is 0 Å². The zero-order chi connectivity index (χ0) is 6.91. The molecule has 0 spiro atoms. The fraction of sp³-hybridized carbons (Fsp3) is 1.00. The summed E-state index contributed by atoms with van der Waals surface area (Å²) < 4.78 is 5.57. The molecule has 0 aromatic rings. The van der Waals surface area contributed by atoms with Crippen LogP contribution in [0.3, 0.4) is 0 Å². The molecule has 9 heavy (non-hydrogen) atoms. The van der Waals surface area contributed by atoms with Gasteiger partial charge in [0.2, 0.25) is 0 Å². The summed E-state index contributed by atoms with van der Waals surface area (Å²) >= 11 is 5.69. The van der Waals surface area contributed by atoms with E-state index >= 15 is 0 Å². The lowest BCUT2D eigenvalue weighted by Gasteiger charge is -2.20. The van der Waals surface area contributed by atoms with Crippen molar-refractivity contribution in [2.45, 2.75) is 38.4 Å². The monoisotopic (exact) mass is 148 g/mol. The van der Waals surface area contributed by atoms with Crippen LogP contribution in [0.15, 0.2) is 0 Å². The SMILES string of the molecule is CC1CCC(C)(CCl)O1. The maximum Gasteiger partial charge on any atom is 0.0793 e. The lowest BCUT2D eigenvalue weighted by Crippen LogP contribution is -2.26. The standard InChI is InChI=1S/C7H13ClO/c1-6-3-4-7(2,5-8)9-6/h6H,3-5H2,1-2H3. The van der Waals surface area contributed by atoms with Crippen LogP contribution in [-0.2, 0) is 4.74 Å². The van der Waals surface area contributed by atoms with E-state index in [2.05, 4.69) is 13.8 Å². The van der Waals surface area contributed by atoms with E-state index in [4.69, 9.17) is 16.3 Å². The molecule has 0 amide bonds. The molecule has 1 nitrogen and oxygen atoms in total. The molecule has 0 aliphatic carbocycles. The van der Waals surface area contributed by atoms with Gasteiger partial charge in [0.15, 0.2) is 0 Å². The topological polar surface area (TPSA) is 9.23 Å². The van der Waals surface area contributed by atoms with E-state index in [0.717, 1.165) is 12.8 Å². The summed E-state index contributed by atoms with van der Waals surface area (Å²) in [6.07, 6.45) is 2.68. The molecule has 1 fully saturated rings. The highest BCUT2D eigenvalue weighted by molar-refractivity contribution is 6.18. The predicted molar refractivity (Wildman–Crippen MR) is 38.9 cm³/mol. The van der Waals surface area contributed by atoms with Gasteiger partial charge in [0.25, 0.3) is 0 Å². The molecule has 0 radical (unpaired) electrons. The van der Waals surface area contributed by atoms with Crippen LogP contribution >= 0.6 is 11.6 Å². The van der Waals surface area contributed by atoms with Gasteiger partial charge in [0.1, 0.15) is 0 Å². The van der Waals surface area contributed by atoms with E-state index in [-0.39, 0.29) is 5.60 Å². The minimum Gasteiger partial charge on any atom is -0.371 e. The molecule has 0 aromatic carbocycles. The zero-order valence-electron chi connectivity index (χ0n) is 5.98. The van der Waals surface area contributed by atoms with Gasteiger partial charge in [-0.05, 0) is 26.7 Å². The predicted octanol–water partition coefficient (Wildman–Crippen LogP) is 2.18. The highest BCUT2D eigenvalue weighted by Gasteiger charge is 2.32. The minimum atomic E-state index is -0.0268. The molecular weight excluding hydrogens is 136 g/mol. The molecule has 2 heteroatoms. The second-order valence-corrected chi connectivity index (χ2v) is 3.32. The molecule has 54 valence electrons. The maximum absolute atomic E-state index is 5.69. The number of halogens is 1. The maximum atomic E-state index is 5.69. The molecule has 1 aliphatic heterocycles. The Morgan fingerprint density at radius 1 is 1.78 bits per heavy atom. The zero-order valence-corrected chi connectivity index (χ0v) is 6.74. The Balaban J connectivity index is 2.45. The van der Waals surface area contributed by atoms with Crippen molar-refractivity contribution < 1.29 is 4.74 Å². The first kappa shape index (κ1) is 7.36. The second kappa shape index (κ2) is 2.47. The van der Waals surface area contributed by atoms with Gasteiger partial charge in [-0.15, -0.1) is 11.6 Å². The summed E-state index contributed by atoms with van der Waals surface area (Å²) in [6.45, 7) is 4.17. The van der Waals surface area contributed by atoms with E-state index in [1.54, 1.807) is 0 Å². The smallest absolute Gasteiger partial charge is 0.0793 e. The number of alkyl halides is 1. The van der Waals surface area contributed by atoms with Crippen LogP contribution in [0.4, 0.5) is 0 Å². The van der Waals surface area contributed by atoms with Crippen LogP contribution < -0.4 is 0 Å². The van der Waals surface area contributed by atoms with E-state index in [9.17, 15) is 0 Å². The fourth-order valence-electron chi connectivity index (χ4n) is 1.21. The molecule has 0 saturated carbocycles. The van der Waals surface area contributed by atoms with Gasteiger partial charge in [0, 0.05) is 0 Å². The van der Waals surface area contributed by atoms with Crippen LogP contribution in [0, 0.1) is 0 Å². The van der Waals surface area contributed by atoms with Crippen LogP contribution in [-0.4, -0.2) is 17.6 Å². The Morgan fingerprint density at radius 2 is 2.44 bits per heavy atom. The average molecular weight is 149 g/mol. The van der Waals surface area contributed by atoms with Crippen LogP contribution in [0.25, 0.3) is 0 Å². The quantitative estimate of drug-likeness (QED) is 0.518. The highest BCUT2D eigenvalue weighted by atomic mass is 35.5. The van der Waals surface area contributed by atoms with E-state index < -0.39 is 0 Å². The third-order valence-corrected chi connectivity index (χ3v) is 2.41. The summed E-state index contributed by atoms with van der Waals surface area (Å²) in [6, 6.07) is 0. The number of hydrogen-bond donors (Lipinski definition) is 0. The number of hydrogen-bond acceptors (Lipinski definition) is 1. The Morgan fingerprint density at radius 3 is 2.67 bits per heavy atom. The summed E-state index contributed by atoms with van der Waals surface area (Å²) in [4.78, 5) is 0. The van der Waals surface area contributed by atoms with Gasteiger partial charge in [-0.2, -0.15) is 0 Å². The summed E-state index contributed by atoms with van der Waals surface area (Å²) in [7, 11) is 0. The van der Waals surface area contributed by atoms with Gasteiger partial charge in [-0.25, -0.2) is 0 Å². The fourth-order valence-corrected chi connectivity index (χ4v) is 1.41. The third-order valence-electron chi connectivity index (χ3n) is 1.85. The van der Waals surface area contributed by atoms with Gasteiger partial charge < -0.3 is 4.74 Å². The Labute approximate surface area is 61.3 Å². The molecule has 1 rings (SSSR count). The summed E-state index contributed by atoms with van der Waals surface area (Å²) in [5.74, 6) is 0.622. The van der Waals surface area contributed by atoms with E-state index in [1.165, 1.54) is 0 Å². The largest absolute Gasteiger partial charge is 0.371 e. The second-order valence-electron chi connectivity index (χ2n) is 3.05. The van der Waals surface area contributed by atoms with Crippen LogP contribution in [0.1, 0.15) is 26.7 Å². The van der Waals surface area contributed by atoms with Crippen molar-refractivity contribution in [3.05, 3.63) is 0 Å². The molecule has 1 aliphatic rings. The molecule has 0 aromatic heterocycles. The van der Waals surface area contributed by atoms with Gasteiger partial charge in [-0.3, -0.25) is 0 Å². The lowest BCUT2D eigenvalue weighted by atomic mass is 10.1. The Bertz CT molecular complexity index is 105. The molecular formula is C7H13ClO. The van der Waals surface area contributed by atoms with E-state index in [0.29, 0.717) is 12.0 Å². The molecule has 2 atom stereocenters.